The van der Waals surface area contributed by atoms with Crippen molar-refractivity contribution in [3.8, 4) is 28.4 Å². The average Bonchev–Trinajstić information content (AvgIpc) is 3.38. The van der Waals surface area contributed by atoms with Gasteiger partial charge in [0.15, 0.2) is 0 Å². The van der Waals surface area contributed by atoms with Crippen LogP contribution in [0.4, 0.5) is 13.6 Å². The maximum atomic E-state index is 15.0. The highest BCUT2D eigenvalue weighted by molar-refractivity contribution is 5.93. The Morgan fingerprint density at radius 3 is 1.51 bits per heavy atom. The molecule has 4 aromatic rings. The van der Waals surface area contributed by atoms with Crippen LogP contribution in [0.1, 0.15) is 58.2 Å². The first-order valence-electron chi connectivity index (χ1n) is 17.9. The summed E-state index contributed by atoms with van der Waals surface area (Å²) < 4.78 is 71.3. The van der Waals surface area contributed by atoms with Crippen LogP contribution >= 0.6 is 0 Å². The first kappa shape index (κ1) is 42.2. The number of carbonyl (C=O) groups excluding carboxylic acids is 4. The largest absolute Gasteiger partial charge is 0.513 e. The number of hydrogen-bond acceptors (Lipinski definition) is 12. The Labute approximate surface area is 328 Å². The van der Waals surface area contributed by atoms with E-state index < -0.39 is 41.1 Å². The summed E-state index contributed by atoms with van der Waals surface area (Å²) in [5, 5.41) is 0. The van der Waals surface area contributed by atoms with Crippen molar-refractivity contribution in [2.45, 2.75) is 33.1 Å². The number of benzene rings is 4. The number of esters is 3. The molecular formula is C43H42F2O12. The second kappa shape index (κ2) is 19.3. The van der Waals surface area contributed by atoms with Crippen LogP contribution in [-0.4, -0.2) is 76.9 Å². The van der Waals surface area contributed by atoms with Crippen LogP contribution in [0, 0.1) is 18.6 Å². The van der Waals surface area contributed by atoms with Crippen LogP contribution in [0.2, 0.25) is 0 Å². The van der Waals surface area contributed by atoms with Gasteiger partial charge in [-0.15, -0.1) is 0 Å². The van der Waals surface area contributed by atoms with Crippen molar-refractivity contribution < 1.29 is 65.9 Å². The molecule has 0 amide bonds. The van der Waals surface area contributed by atoms with Gasteiger partial charge in [-0.05, 0) is 90.2 Å². The predicted octanol–water partition coefficient (Wildman–Crippen LogP) is 7.70. The summed E-state index contributed by atoms with van der Waals surface area (Å²) in [5.74, 6) is -3.69. The van der Waals surface area contributed by atoms with Gasteiger partial charge in [0, 0.05) is 17.1 Å². The lowest BCUT2D eigenvalue weighted by atomic mass is 9.82. The molecule has 0 N–H and O–H groups in total. The van der Waals surface area contributed by atoms with E-state index in [0.717, 1.165) is 34.4 Å². The highest BCUT2D eigenvalue weighted by Gasteiger charge is 2.36. The van der Waals surface area contributed by atoms with Gasteiger partial charge in [0.2, 0.25) is 0 Å². The second-order valence-corrected chi connectivity index (χ2v) is 13.4. The Morgan fingerprint density at radius 2 is 1.02 bits per heavy atom. The Kier molecular flexibility index (Phi) is 14.3. The molecule has 300 valence electrons. The van der Waals surface area contributed by atoms with Crippen LogP contribution in [-0.2, 0) is 33.9 Å². The number of rotatable bonds is 18. The Balaban J connectivity index is 1.04. The smallest absolute Gasteiger partial charge is 0.460 e. The van der Waals surface area contributed by atoms with Crippen LogP contribution in [0.15, 0.2) is 84.9 Å². The summed E-state index contributed by atoms with van der Waals surface area (Å²) in [6.45, 7) is 12.1. The van der Waals surface area contributed by atoms with Gasteiger partial charge >= 0.3 is 24.1 Å². The minimum Gasteiger partial charge on any atom is -0.460 e. The highest BCUT2D eigenvalue weighted by atomic mass is 19.1. The molecular weight excluding hydrogens is 746 g/mol. The third-order valence-electron chi connectivity index (χ3n) is 8.75. The monoisotopic (exact) mass is 788 g/mol. The molecule has 12 nitrogen and oxygen atoms in total. The lowest BCUT2D eigenvalue weighted by Crippen LogP contribution is -2.17. The SMILES string of the molecule is C=C(C)C(=O)OCCOCCOCCOCCOC(=O)Oc1ccc(C(=O)Oc2ccc3c(c2)C(C)(C)c2cc(OC(=O)c4ccc(C)cc4F)ccc2-3)c(F)c1. The van der Waals surface area contributed by atoms with Crippen LogP contribution in [0.25, 0.3) is 11.1 Å². The Morgan fingerprint density at radius 1 is 0.579 bits per heavy atom. The van der Waals surface area contributed by atoms with Crippen LogP contribution in [0.3, 0.4) is 0 Å². The molecule has 0 unspecified atom stereocenters. The second-order valence-electron chi connectivity index (χ2n) is 13.4. The number of ether oxygens (including phenoxy) is 8. The summed E-state index contributed by atoms with van der Waals surface area (Å²) in [7, 11) is 0. The summed E-state index contributed by atoms with van der Waals surface area (Å²) in [4.78, 5) is 49.1. The topological polar surface area (TPSA) is 142 Å². The lowest BCUT2D eigenvalue weighted by molar-refractivity contribution is -0.140. The summed E-state index contributed by atoms with van der Waals surface area (Å²) in [6.07, 6.45) is -1.09. The van der Waals surface area contributed by atoms with E-state index in [0.29, 0.717) is 24.4 Å². The van der Waals surface area contributed by atoms with E-state index in [4.69, 9.17) is 37.9 Å². The molecule has 0 fully saturated rings. The van der Waals surface area contributed by atoms with Gasteiger partial charge in [0.25, 0.3) is 0 Å². The number of carbonyl (C=O) groups is 4. The first-order chi connectivity index (χ1) is 27.2. The molecule has 0 saturated heterocycles. The average molecular weight is 789 g/mol. The maximum Gasteiger partial charge on any atom is 0.513 e. The van der Waals surface area contributed by atoms with E-state index in [9.17, 15) is 23.6 Å². The van der Waals surface area contributed by atoms with Crippen molar-refractivity contribution in [1.82, 2.24) is 0 Å². The molecule has 0 bridgehead atoms. The normalized spacial score (nSPS) is 12.2. The van der Waals surface area contributed by atoms with Crippen LogP contribution < -0.4 is 14.2 Å². The number of aryl methyl sites for hydroxylation is 1. The molecule has 0 spiro atoms. The molecule has 0 heterocycles. The molecule has 14 heteroatoms. The molecule has 0 saturated carbocycles. The van der Waals surface area contributed by atoms with E-state index in [2.05, 4.69) is 6.58 Å². The lowest BCUT2D eigenvalue weighted by Gasteiger charge is -2.22. The summed E-state index contributed by atoms with van der Waals surface area (Å²) >= 11 is 0. The fraction of sp³-hybridized carbons (Fsp3) is 0.302. The van der Waals surface area contributed by atoms with E-state index in [-0.39, 0.29) is 68.0 Å². The van der Waals surface area contributed by atoms with E-state index in [1.165, 1.54) is 18.2 Å². The van der Waals surface area contributed by atoms with Crippen molar-refractivity contribution in [2.75, 3.05) is 52.9 Å². The third-order valence-corrected chi connectivity index (χ3v) is 8.75. The third kappa shape index (κ3) is 11.1. The van der Waals surface area contributed by atoms with E-state index in [1.54, 1.807) is 56.3 Å². The molecule has 1 aliphatic rings. The number of fused-ring (bicyclic) bond motifs is 3. The van der Waals surface area contributed by atoms with Crippen molar-refractivity contribution in [2.24, 2.45) is 0 Å². The Bertz CT molecular complexity index is 2140. The van der Waals surface area contributed by atoms with Gasteiger partial charge in [-0.2, -0.15) is 0 Å². The fourth-order valence-electron chi connectivity index (χ4n) is 5.83. The molecule has 0 aromatic heterocycles. The molecule has 0 radical (unpaired) electrons. The molecule has 5 rings (SSSR count). The Hall–Kier alpha value is -5.96. The molecule has 1 aliphatic carbocycles. The van der Waals surface area contributed by atoms with Crippen molar-refractivity contribution >= 4 is 24.1 Å². The van der Waals surface area contributed by atoms with E-state index in [1.807, 2.05) is 13.8 Å². The van der Waals surface area contributed by atoms with E-state index >= 15 is 4.39 Å². The quantitative estimate of drug-likeness (QED) is 0.0321. The first-order valence-corrected chi connectivity index (χ1v) is 17.9. The minimum atomic E-state index is -1.09. The standard InChI is InChI=1S/C43H42F2O12/c1-26(2)39(46)53-20-18-51-16-14-50-15-17-52-19-21-54-42(49)57-30-9-13-34(38(45)25-30)41(48)56-29-8-12-32-31-11-7-28(23-35(31)43(4,5)36(32)24-29)55-40(47)33-10-6-27(3)22-37(33)44/h6-13,22-25H,1,14-21H2,2-5H3. The number of hydrogen-bond donors (Lipinski definition) is 0. The van der Waals surface area contributed by atoms with Crippen LogP contribution in [0.5, 0.6) is 17.2 Å². The summed E-state index contributed by atoms with van der Waals surface area (Å²) in [6, 6.07) is 17.7. The molecule has 4 aromatic carbocycles. The van der Waals surface area contributed by atoms with Gasteiger partial charge in [-0.1, -0.05) is 38.6 Å². The van der Waals surface area contributed by atoms with Gasteiger partial charge < -0.3 is 37.9 Å². The van der Waals surface area contributed by atoms with Gasteiger partial charge in [-0.25, -0.2) is 28.0 Å². The maximum absolute atomic E-state index is 15.0. The zero-order valence-electron chi connectivity index (χ0n) is 31.9. The summed E-state index contributed by atoms with van der Waals surface area (Å²) in [5.41, 5.74) is 3.22. The van der Waals surface area contributed by atoms with Crippen molar-refractivity contribution in [3.05, 3.63) is 124 Å². The van der Waals surface area contributed by atoms with Gasteiger partial charge in [0.05, 0.1) is 50.8 Å². The zero-order valence-corrected chi connectivity index (χ0v) is 31.9. The zero-order chi connectivity index (χ0) is 41.1. The van der Waals surface area contributed by atoms with Gasteiger partial charge in [-0.3, -0.25) is 0 Å². The number of halogens is 2. The molecule has 0 atom stereocenters. The highest BCUT2D eigenvalue weighted by Crippen LogP contribution is 2.50. The van der Waals surface area contributed by atoms with Gasteiger partial charge in [0.1, 0.15) is 42.1 Å². The predicted molar refractivity (Wildman–Crippen MR) is 202 cm³/mol. The minimum absolute atomic E-state index is 0.0570. The fourth-order valence-corrected chi connectivity index (χ4v) is 5.83. The molecule has 57 heavy (non-hydrogen) atoms. The van der Waals surface area contributed by atoms with Crippen molar-refractivity contribution in [1.29, 1.82) is 0 Å². The van der Waals surface area contributed by atoms with Crippen molar-refractivity contribution in [3.63, 3.8) is 0 Å². The molecule has 0 aliphatic heterocycles.